The summed E-state index contributed by atoms with van der Waals surface area (Å²) in [6, 6.07) is 7.98. The number of nitrogens with zero attached hydrogens (tertiary/aromatic N) is 4. The average molecular weight is 422 g/mol. The van der Waals surface area contributed by atoms with Gasteiger partial charge in [-0.1, -0.05) is 36.8 Å². The van der Waals surface area contributed by atoms with E-state index in [0.29, 0.717) is 18.1 Å². The first kappa shape index (κ1) is 19.0. The van der Waals surface area contributed by atoms with Gasteiger partial charge in [0.1, 0.15) is 17.7 Å². The summed E-state index contributed by atoms with van der Waals surface area (Å²) >= 11 is 1.70. The summed E-state index contributed by atoms with van der Waals surface area (Å²) < 4.78 is 2.69. The molecule has 1 aromatic carbocycles. The Morgan fingerprint density at radius 1 is 1.30 bits per heavy atom. The van der Waals surface area contributed by atoms with Gasteiger partial charge in [0.05, 0.1) is 5.39 Å². The first-order chi connectivity index (χ1) is 14.5. The van der Waals surface area contributed by atoms with Crippen molar-refractivity contribution in [2.75, 3.05) is 0 Å². The summed E-state index contributed by atoms with van der Waals surface area (Å²) in [5.74, 6) is 0.421. The van der Waals surface area contributed by atoms with E-state index in [1.165, 1.54) is 31.4 Å². The third kappa shape index (κ3) is 3.31. The van der Waals surface area contributed by atoms with Crippen LogP contribution in [0.25, 0.3) is 15.9 Å². The van der Waals surface area contributed by atoms with Crippen molar-refractivity contribution < 1.29 is 4.79 Å². The van der Waals surface area contributed by atoms with E-state index >= 15 is 0 Å². The molecular weight excluding hydrogens is 398 g/mol. The predicted molar refractivity (Wildman–Crippen MR) is 117 cm³/mol. The van der Waals surface area contributed by atoms with Gasteiger partial charge in [0.2, 0.25) is 5.91 Å². The molecule has 0 fully saturated rings. The van der Waals surface area contributed by atoms with E-state index in [9.17, 15) is 9.59 Å². The molecule has 1 amide bonds. The third-order valence-electron chi connectivity index (χ3n) is 5.78. The fraction of sp³-hybridized carbons (Fsp3) is 0.364. The lowest BCUT2D eigenvalue weighted by Gasteiger charge is -2.17. The molecule has 8 heteroatoms. The Morgan fingerprint density at radius 3 is 2.90 bits per heavy atom. The number of aromatic nitrogens is 4. The van der Waals surface area contributed by atoms with Gasteiger partial charge in [-0.3, -0.25) is 4.79 Å². The minimum Gasteiger partial charge on any atom is -0.350 e. The van der Waals surface area contributed by atoms with Gasteiger partial charge >= 0.3 is 5.69 Å². The highest BCUT2D eigenvalue weighted by molar-refractivity contribution is 7.19. The largest absolute Gasteiger partial charge is 0.352 e. The minimum absolute atomic E-state index is 0.114. The summed E-state index contributed by atoms with van der Waals surface area (Å²) in [5.41, 5.74) is 3.72. The summed E-state index contributed by atoms with van der Waals surface area (Å²) in [4.78, 5) is 32.0. The Morgan fingerprint density at radius 2 is 2.10 bits per heavy atom. The van der Waals surface area contributed by atoms with Crippen molar-refractivity contribution in [2.45, 2.75) is 46.2 Å². The van der Waals surface area contributed by atoms with Crippen LogP contribution in [-0.4, -0.2) is 25.1 Å². The number of hydrogen-bond acceptors (Lipinski definition) is 5. The fourth-order valence-electron chi connectivity index (χ4n) is 4.06. The molecule has 30 heavy (non-hydrogen) atoms. The SMILES string of the molecule is Cc1ccc(CNC(=O)Cn2nc3c4c5c(sc4ncn3c2=O)CC(C)CC5)cc1. The Balaban J connectivity index is 1.43. The molecule has 154 valence electrons. The monoisotopic (exact) mass is 421 g/mol. The second kappa shape index (κ2) is 7.36. The van der Waals surface area contributed by atoms with E-state index < -0.39 is 0 Å². The predicted octanol–water partition coefficient (Wildman–Crippen LogP) is 2.86. The topological polar surface area (TPSA) is 81.3 Å². The summed E-state index contributed by atoms with van der Waals surface area (Å²) in [6.45, 7) is 4.60. The standard InChI is InChI=1S/C22H23N5O2S/c1-13-3-6-15(7-4-13)10-23-18(28)11-27-22(29)26-12-24-21-19(20(26)25-27)16-8-5-14(2)9-17(16)30-21/h3-4,6-7,12,14H,5,8-11H2,1-2H3,(H,23,28). The lowest BCUT2D eigenvalue weighted by molar-refractivity contribution is -0.122. The van der Waals surface area contributed by atoms with Gasteiger partial charge in [-0.15, -0.1) is 16.4 Å². The van der Waals surface area contributed by atoms with E-state index in [1.807, 2.05) is 31.2 Å². The van der Waals surface area contributed by atoms with Gasteiger partial charge < -0.3 is 5.32 Å². The first-order valence-electron chi connectivity index (χ1n) is 10.2. The van der Waals surface area contributed by atoms with Crippen molar-refractivity contribution in [1.82, 2.24) is 24.5 Å². The Hall–Kier alpha value is -3.00. The number of carbonyl (C=O) groups is 1. The van der Waals surface area contributed by atoms with Crippen LogP contribution in [0.1, 0.15) is 34.9 Å². The highest BCUT2D eigenvalue weighted by Gasteiger charge is 2.24. The number of benzene rings is 1. The lowest BCUT2D eigenvalue weighted by atomic mass is 9.89. The van der Waals surface area contributed by atoms with Gasteiger partial charge in [-0.05, 0) is 43.2 Å². The molecule has 0 radical (unpaired) electrons. The molecule has 3 heterocycles. The van der Waals surface area contributed by atoms with E-state index in [4.69, 9.17) is 0 Å². The van der Waals surface area contributed by atoms with Crippen molar-refractivity contribution >= 4 is 33.1 Å². The molecule has 0 saturated heterocycles. The van der Waals surface area contributed by atoms with Crippen LogP contribution in [-0.2, 0) is 30.7 Å². The zero-order valence-electron chi connectivity index (χ0n) is 17.0. The smallest absolute Gasteiger partial charge is 0.350 e. The number of hydrogen-bond donors (Lipinski definition) is 1. The van der Waals surface area contributed by atoms with Gasteiger partial charge in [-0.2, -0.15) is 0 Å². The number of thiophene rings is 1. The van der Waals surface area contributed by atoms with Crippen molar-refractivity contribution in [1.29, 1.82) is 0 Å². The third-order valence-corrected chi connectivity index (χ3v) is 6.94. The summed E-state index contributed by atoms with van der Waals surface area (Å²) in [5, 5.41) is 8.36. The van der Waals surface area contributed by atoms with Crippen LogP contribution in [0.3, 0.4) is 0 Å². The highest BCUT2D eigenvalue weighted by atomic mass is 32.1. The Labute approximate surface area is 177 Å². The lowest BCUT2D eigenvalue weighted by Crippen LogP contribution is -2.32. The summed E-state index contributed by atoms with van der Waals surface area (Å²) in [6.07, 6.45) is 4.69. The summed E-state index contributed by atoms with van der Waals surface area (Å²) in [7, 11) is 0. The Kier molecular flexibility index (Phi) is 4.66. The molecule has 1 N–H and O–H groups in total. The van der Waals surface area contributed by atoms with Crippen molar-refractivity contribution in [3.05, 3.63) is 62.6 Å². The number of amides is 1. The second-order valence-corrected chi connectivity index (χ2v) is 9.26. The molecule has 0 aliphatic heterocycles. The molecular formula is C22H23N5O2S. The molecule has 1 aliphatic rings. The first-order valence-corrected chi connectivity index (χ1v) is 11.0. The molecule has 0 spiro atoms. The molecule has 0 bridgehead atoms. The highest BCUT2D eigenvalue weighted by Crippen LogP contribution is 2.38. The maximum atomic E-state index is 12.8. The van der Waals surface area contributed by atoms with Crippen LogP contribution in [0.2, 0.25) is 0 Å². The molecule has 0 saturated carbocycles. The van der Waals surface area contributed by atoms with E-state index in [1.54, 1.807) is 11.3 Å². The van der Waals surface area contributed by atoms with Crippen molar-refractivity contribution in [2.24, 2.45) is 5.92 Å². The molecule has 4 aromatic rings. The molecule has 3 aromatic heterocycles. The molecule has 5 rings (SSSR count). The number of rotatable bonds is 4. The van der Waals surface area contributed by atoms with Gasteiger partial charge in [0, 0.05) is 11.4 Å². The van der Waals surface area contributed by atoms with Crippen molar-refractivity contribution in [3.63, 3.8) is 0 Å². The van der Waals surface area contributed by atoms with Gasteiger partial charge in [0.25, 0.3) is 0 Å². The van der Waals surface area contributed by atoms with E-state index in [2.05, 4.69) is 22.3 Å². The molecule has 1 unspecified atom stereocenters. The van der Waals surface area contributed by atoms with E-state index in [-0.39, 0.29) is 18.1 Å². The van der Waals surface area contributed by atoms with Crippen LogP contribution in [0.15, 0.2) is 35.4 Å². The van der Waals surface area contributed by atoms with Crippen LogP contribution < -0.4 is 11.0 Å². The number of fused-ring (bicyclic) bond motifs is 5. The quantitative estimate of drug-likeness (QED) is 0.549. The number of carbonyl (C=O) groups excluding carboxylic acids is 1. The average Bonchev–Trinajstić information content (AvgIpc) is 3.24. The minimum atomic E-state index is -0.339. The normalized spacial score (nSPS) is 16.1. The maximum Gasteiger partial charge on any atom is 0.352 e. The van der Waals surface area contributed by atoms with Crippen LogP contribution in [0, 0.1) is 12.8 Å². The van der Waals surface area contributed by atoms with Gasteiger partial charge in [0.15, 0.2) is 5.65 Å². The number of nitrogens with one attached hydrogen (secondary N) is 1. The fourth-order valence-corrected chi connectivity index (χ4v) is 5.41. The number of aryl methyl sites for hydroxylation is 2. The zero-order chi connectivity index (χ0) is 20.8. The van der Waals surface area contributed by atoms with Crippen LogP contribution >= 0.6 is 11.3 Å². The van der Waals surface area contributed by atoms with Crippen LogP contribution in [0.4, 0.5) is 0 Å². The maximum absolute atomic E-state index is 12.8. The zero-order valence-corrected chi connectivity index (χ0v) is 17.8. The molecule has 1 atom stereocenters. The van der Waals surface area contributed by atoms with Crippen molar-refractivity contribution in [3.8, 4) is 0 Å². The second-order valence-electron chi connectivity index (χ2n) is 8.17. The molecule has 1 aliphatic carbocycles. The van der Waals surface area contributed by atoms with Crippen LogP contribution in [0.5, 0.6) is 0 Å². The Bertz CT molecular complexity index is 1320. The van der Waals surface area contributed by atoms with Gasteiger partial charge in [-0.25, -0.2) is 18.9 Å². The molecule has 7 nitrogen and oxygen atoms in total. The van der Waals surface area contributed by atoms with E-state index in [0.717, 1.165) is 35.0 Å².